The van der Waals surface area contributed by atoms with Gasteiger partial charge in [0.1, 0.15) is 61.5 Å². The molecule has 3 saturated heterocycles. The second-order valence-electron chi connectivity index (χ2n) is 9.88. The molecule has 3 unspecified atom stereocenters. The van der Waals surface area contributed by atoms with E-state index in [4.69, 9.17) is 45.6 Å². The van der Waals surface area contributed by atoms with E-state index in [1.54, 1.807) is 0 Å². The fourth-order valence-electron chi connectivity index (χ4n) is 4.56. The average molecular weight is 590 g/mol. The monoisotopic (exact) mass is 589 g/mol. The third kappa shape index (κ3) is 6.40. The van der Waals surface area contributed by atoms with Crippen molar-refractivity contribution >= 4 is 5.97 Å². The molecule has 3 heterocycles. The zero-order valence-corrected chi connectivity index (χ0v) is 21.4. The maximum absolute atomic E-state index is 12.0. The van der Waals surface area contributed by atoms with Gasteiger partial charge in [0.15, 0.2) is 18.9 Å². The number of hydrogen-bond donors (Lipinski definition) is 12. The van der Waals surface area contributed by atoms with E-state index in [9.17, 15) is 50.8 Å². The molecule has 234 valence electrons. The van der Waals surface area contributed by atoms with E-state index in [-0.39, 0.29) is 0 Å². The molecule has 15 N–H and O–H groups in total. The second kappa shape index (κ2) is 13.4. The van der Waals surface area contributed by atoms with Crippen LogP contribution in [0.3, 0.4) is 0 Å². The molecule has 0 aromatic rings. The SMILES string of the molecule is CC(O)C(=O)O[C@@]1(CO)O[C@H](OC2[C@@H](CO)O[C@@H](OC3[C@@H](CO)O[C@@H](O)[C@H](N)[C@H]3O)[C@H](N)[C@H]2O)[C@H](N)[C@@H](O)[C@@H]1O. The van der Waals surface area contributed by atoms with Crippen molar-refractivity contribution in [2.24, 2.45) is 17.2 Å². The Labute approximate surface area is 227 Å². The summed E-state index contributed by atoms with van der Waals surface area (Å²) in [7, 11) is 0. The van der Waals surface area contributed by atoms with Crippen molar-refractivity contribution in [1.29, 1.82) is 0 Å². The average Bonchev–Trinajstić information content (AvgIpc) is 2.93. The maximum atomic E-state index is 12.0. The van der Waals surface area contributed by atoms with Crippen LogP contribution in [0.1, 0.15) is 6.92 Å². The molecule has 0 aromatic carbocycles. The Morgan fingerprint density at radius 3 is 1.85 bits per heavy atom. The summed E-state index contributed by atoms with van der Waals surface area (Å²) in [6.45, 7) is -1.71. The van der Waals surface area contributed by atoms with Crippen LogP contribution in [0.2, 0.25) is 0 Å². The van der Waals surface area contributed by atoms with Crippen LogP contribution in [0, 0.1) is 0 Å². The van der Waals surface area contributed by atoms with Crippen LogP contribution in [-0.4, -0.2) is 169 Å². The van der Waals surface area contributed by atoms with Gasteiger partial charge in [-0.3, -0.25) is 0 Å². The highest BCUT2D eigenvalue weighted by Crippen LogP contribution is 2.35. The minimum atomic E-state index is -2.64. The summed E-state index contributed by atoms with van der Waals surface area (Å²) < 4.78 is 32.4. The number of esters is 1. The zero-order chi connectivity index (χ0) is 30.1. The third-order valence-electron chi connectivity index (χ3n) is 7.04. The van der Waals surface area contributed by atoms with E-state index < -0.39 is 124 Å². The summed E-state index contributed by atoms with van der Waals surface area (Å²) in [5.74, 6) is -3.97. The van der Waals surface area contributed by atoms with Crippen molar-refractivity contribution < 1.29 is 79.2 Å². The number of nitrogens with two attached hydrogens (primary N) is 3. The topological polar surface area (TPSA) is 333 Å². The van der Waals surface area contributed by atoms with Gasteiger partial charge in [-0.1, -0.05) is 0 Å². The fourth-order valence-corrected chi connectivity index (χ4v) is 4.56. The number of carbonyl (C=O) groups is 1. The minimum Gasteiger partial charge on any atom is -0.425 e. The molecule has 0 spiro atoms. The molecule has 0 saturated carbocycles. The van der Waals surface area contributed by atoms with Crippen LogP contribution in [0.15, 0.2) is 0 Å². The lowest BCUT2D eigenvalue weighted by atomic mass is 9.93. The summed E-state index contributed by atoms with van der Waals surface area (Å²) in [6, 6.07) is -4.36. The molecular formula is C21H39N3O16. The van der Waals surface area contributed by atoms with Gasteiger partial charge in [-0.2, -0.15) is 0 Å². The highest BCUT2D eigenvalue weighted by molar-refractivity contribution is 5.74. The lowest BCUT2D eigenvalue weighted by Gasteiger charge is -2.50. The molecule has 3 aliphatic heterocycles. The summed E-state index contributed by atoms with van der Waals surface area (Å²) >= 11 is 0. The number of rotatable bonds is 9. The summed E-state index contributed by atoms with van der Waals surface area (Å²) in [4.78, 5) is 12.0. The van der Waals surface area contributed by atoms with Crippen LogP contribution in [0.4, 0.5) is 0 Å². The van der Waals surface area contributed by atoms with Gasteiger partial charge < -0.3 is 91.6 Å². The summed E-state index contributed by atoms with van der Waals surface area (Å²) in [6.07, 6.45) is -19.6. The highest BCUT2D eigenvalue weighted by atomic mass is 16.8. The molecule has 3 aliphatic rings. The molecule has 40 heavy (non-hydrogen) atoms. The molecule has 16 atom stereocenters. The minimum absolute atomic E-state index is 0.706. The molecule has 3 fully saturated rings. The standard InChI is InChI=1S/C21H39N3O16/c1-5(28)17(33)39-21(4-27)16(32)13(31)10(24)20(40-21)38-15-7(3-26)36-19(9(23)12(15)30)37-14-6(2-25)35-18(34)8(22)11(14)29/h5-16,18-20,25-32,34H,2-4,22-24H2,1H3/t5?,6-,7-,8-,9-,10-,11-,12-,13-,14?,15?,16+,18-,19+,20+,21+/m1/s1. The first kappa shape index (κ1) is 33.3. The van der Waals surface area contributed by atoms with Crippen molar-refractivity contribution in [1.82, 2.24) is 0 Å². The van der Waals surface area contributed by atoms with Gasteiger partial charge in [0.25, 0.3) is 5.79 Å². The van der Waals surface area contributed by atoms with E-state index in [1.165, 1.54) is 0 Å². The molecule has 0 radical (unpaired) electrons. The van der Waals surface area contributed by atoms with Crippen molar-refractivity contribution in [3.8, 4) is 0 Å². The van der Waals surface area contributed by atoms with Gasteiger partial charge in [0, 0.05) is 0 Å². The Kier molecular flexibility index (Phi) is 11.2. The first-order chi connectivity index (χ1) is 18.7. The Hall–Kier alpha value is -1.21. The normalized spacial score (nSPS) is 48.9. The molecular weight excluding hydrogens is 550 g/mol. The number of carbonyl (C=O) groups excluding carboxylic acids is 1. The highest BCUT2D eigenvalue weighted by Gasteiger charge is 2.58. The lowest BCUT2D eigenvalue weighted by molar-refractivity contribution is -0.400. The van der Waals surface area contributed by atoms with Gasteiger partial charge in [-0.15, -0.1) is 0 Å². The van der Waals surface area contributed by atoms with Crippen LogP contribution in [0.25, 0.3) is 0 Å². The molecule has 3 rings (SSSR count). The Morgan fingerprint density at radius 1 is 0.825 bits per heavy atom. The second-order valence-corrected chi connectivity index (χ2v) is 9.88. The van der Waals surface area contributed by atoms with E-state index in [0.29, 0.717) is 0 Å². The zero-order valence-electron chi connectivity index (χ0n) is 21.4. The molecule has 19 nitrogen and oxygen atoms in total. The summed E-state index contributed by atoms with van der Waals surface area (Å²) in [5, 5.41) is 91.0. The van der Waals surface area contributed by atoms with Crippen molar-refractivity contribution in [2.45, 2.75) is 105 Å². The van der Waals surface area contributed by atoms with Crippen molar-refractivity contribution in [2.75, 3.05) is 19.8 Å². The number of ether oxygens (including phenoxy) is 6. The predicted octanol–water partition coefficient (Wildman–Crippen LogP) is -8.42. The van der Waals surface area contributed by atoms with Gasteiger partial charge in [0.2, 0.25) is 0 Å². The Balaban J connectivity index is 1.79. The quantitative estimate of drug-likeness (QED) is 0.111. The van der Waals surface area contributed by atoms with Crippen LogP contribution >= 0.6 is 0 Å². The number of hydrogen-bond acceptors (Lipinski definition) is 19. The smallest absolute Gasteiger partial charge is 0.337 e. The van der Waals surface area contributed by atoms with Gasteiger partial charge in [-0.05, 0) is 6.92 Å². The van der Waals surface area contributed by atoms with E-state index in [1.807, 2.05) is 0 Å². The molecule has 19 heteroatoms. The lowest BCUT2D eigenvalue weighted by Crippen LogP contribution is -2.72. The largest absolute Gasteiger partial charge is 0.425 e. The Morgan fingerprint density at radius 2 is 1.32 bits per heavy atom. The molecule has 0 aliphatic carbocycles. The van der Waals surface area contributed by atoms with Gasteiger partial charge >= 0.3 is 5.97 Å². The number of aliphatic hydroxyl groups excluding tert-OH is 9. The first-order valence-corrected chi connectivity index (χ1v) is 12.4. The van der Waals surface area contributed by atoms with Gasteiger partial charge in [-0.25, -0.2) is 4.79 Å². The summed E-state index contributed by atoms with van der Waals surface area (Å²) in [5.41, 5.74) is 17.7. The molecule has 0 aromatic heterocycles. The molecule has 0 amide bonds. The third-order valence-corrected chi connectivity index (χ3v) is 7.04. The first-order valence-electron chi connectivity index (χ1n) is 12.4. The fraction of sp³-hybridized carbons (Fsp3) is 0.952. The van der Waals surface area contributed by atoms with Crippen LogP contribution in [0.5, 0.6) is 0 Å². The Bertz CT molecular complexity index is 840. The molecule has 0 bridgehead atoms. The van der Waals surface area contributed by atoms with Crippen LogP contribution < -0.4 is 17.2 Å². The van der Waals surface area contributed by atoms with Crippen LogP contribution in [-0.2, 0) is 33.2 Å². The van der Waals surface area contributed by atoms with E-state index in [2.05, 4.69) is 0 Å². The van der Waals surface area contributed by atoms with Gasteiger partial charge in [0.05, 0.1) is 31.3 Å². The van der Waals surface area contributed by atoms with Crippen molar-refractivity contribution in [3.63, 3.8) is 0 Å². The maximum Gasteiger partial charge on any atom is 0.337 e. The van der Waals surface area contributed by atoms with E-state index in [0.717, 1.165) is 6.92 Å². The van der Waals surface area contributed by atoms with Crippen molar-refractivity contribution in [3.05, 3.63) is 0 Å². The van der Waals surface area contributed by atoms with E-state index >= 15 is 0 Å². The predicted molar refractivity (Wildman–Crippen MR) is 124 cm³/mol. The number of aliphatic hydroxyl groups is 9.